The van der Waals surface area contributed by atoms with Crippen molar-refractivity contribution in [1.29, 1.82) is 0 Å². The molecule has 0 aliphatic carbocycles. The van der Waals surface area contributed by atoms with Crippen molar-refractivity contribution in [1.82, 2.24) is 5.32 Å². The molecule has 0 aliphatic heterocycles. The molecule has 0 rings (SSSR count). The Kier molecular flexibility index (Phi) is 7.29. The van der Waals surface area contributed by atoms with E-state index in [0.29, 0.717) is 19.6 Å². The van der Waals surface area contributed by atoms with Gasteiger partial charge in [-0.3, -0.25) is 4.79 Å². The van der Waals surface area contributed by atoms with Gasteiger partial charge < -0.3 is 20.5 Å². The molecule has 0 heterocycles. The van der Waals surface area contributed by atoms with Crippen LogP contribution in [0.5, 0.6) is 0 Å². The molecule has 0 aromatic rings. The van der Waals surface area contributed by atoms with E-state index in [4.69, 9.17) is 15.2 Å². The van der Waals surface area contributed by atoms with Crippen molar-refractivity contribution in [3.8, 4) is 0 Å². The summed E-state index contributed by atoms with van der Waals surface area (Å²) in [4.78, 5) is 11.7. The van der Waals surface area contributed by atoms with E-state index < -0.39 is 5.54 Å². The normalized spacial score (nSPS) is 16.6. The SMILES string of the molecule is CCCC(C)(N)C(=O)NCC(COC)OC. The quantitative estimate of drug-likeness (QED) is 0.630. The Balaban J connectivity index is 4.04. The summed E-state index contributed by atoms with van der Waals surface area (Å²) in [7, 11) is 3.18. The Morgan fingerprint density at radius 1 is 1.50 bits per heavy atom. The fourth-order valence-electron chi connectivity index (χ4n) is 1.44. The van der Waals surface area contributed by atoms with E-state index in [0.717, 1.165) is 6.42 Å². The van der Waals surface area contributed by atoms with Crippen LogP contribution in [0.2, 0.25) is 0 Å². The molecular formula is C11H24N2O3. The van der Waals surface area contributed by atoms with Crippen molar-refractivity contribution in [2.45, 2.75) is 38.3 Å². The largest absolute Gasteiger partial charge is 0.382 e. The number of nitrogens with one attached hydrogen (secondary N) is 1. The van der Waals surface area contributed by atoms with Crippen molar-refractivity contribution in [2.75, 3.05) is 27.4 Å². The summed E-state index contributed by atoms with van der Waals surface area (Å²) in [5, 5.41) is 2.77. The minimum atomic E-state index is -0.805. The first kappa shape index (κ1) is 15.3. The molecule has 0 saturated heterocycles. The smallest absolute Gasteiger partial charge is 0.239 e. The van der Waals surface area contributed by atoms with Gasteiger partial charge in [-0.25, -0.2) is 0 Å². The zero-order valence-electron chi connectivity index (χ0n) is 10.7. The van der Waals surface area contributed by atoms with Crippen molar-refractivity contribution in [3.05, 3.63) is 0 Å². The van der Waals surface area contributed by atoms with Crippen LogP contribution in [-0.2, 0) is 14.3 Å². The summed E-state index contributed by atoms with van der Waals surface area (Å²) in [6, 6.07) is 0. The first-order valence-corrected chi connectivity index (χ1v) is 5.56. The van der Waals surface area contributed by atoms with Crippen LogP contribution in [0.4, 0.5) is 0 Å². The maximum Gasteiger partial charge on any atom is 0.239 e. The summed E-state index contributed by atoms with van der Waals surface area (Å²) in [6.45, 7) is 4.61. The number of methoxy groups -OCH3 is 2. The maximum atomic E-state index is 11.7. The number of rotatable bonds is 8. The van der Waals surface area contributed by atoms with Crippen LogP contribution in [-0.4, -0.2) is 44.9 Å². The van der Waals surface area contributed by atoms with Gasteiger partial charge in [0, 0.05) is 20.8 Å². The molecule has 0 aromatic carbocycles. The Morgan fingerprint density at radius 2 is 2.12 bits per heavy atom. The highest BCUT2D eigenvalue weighted by atomic mass is 16.5. The van der Waals surface area contributed by atoms with Crippen LogP contribution in [0.3, 0.4) is 0 Å². The Bertz CT molecular complexity index is 207. The summed E-state index contributed by atoms with van der Waals surface area (Å²) in [5.74, 6) is -0.146. The molecule has 0 aliphatic rings. The summed E-state index contributed by atoms with van der Waals surface area (Å²) >= 11 is 0. The highest BCUT2D eigenvalue weighted by Crippen LogP contribution is 2.08. The van der Waals surface area contributed by atoms with Gasteiger partial charge in [-0.1, -0.05) is 13.3 Å². The van der Waals surface area contributed by atoms with E-state index in [1.54, 1.807) is 21.1 Å². The fraction of sp³-hybridized carbons (Fsp3) is 0.909. The van der Waals surface area contributed by atoms with E-state index in [1.165, 1.54) is 0 Å². The molecule has 5 nitrogen and oxygen atoms in total. The van der Waals surface area contributed by atoms with Crippen LogP contribution in [0.25, 0.3) is 0 Å². The number of amides is 1. The highest BCUT2D eigenvalue weighted by Gasteiger charge is 2.27. The number of ether oxygens (including phenoxy) is 2. The Labute approximate surface area is 97.7 Å². The first-order valence-electron chi connectivity index (χ1n) is 5.56. The second-order valence-corrected chi connectivity index (χ2v) is 4.19. The molecule has 16 heavy (non-hydrogen) atoms. The lowest BCUT2D eigenvalue weighted by Gasteiger charge is -2.24. The average Bonchev–Trinajstić information content (AvgIpc) is 2.23. The molecule has 0 spiro atoms. The van der Waals surface area contributed by atoms with E-state index in [-0.39, 0.29) is 12.0 Å². The van der Waals surface area contributed by atoms with Gasteiger partial charge in [0.2, 0.25) is 5.91 Å². The van der Waals surface area contributed by atoms with Crippen molar-refractivity contribution in [3.63, 3.8) is 0 Å². The van der Waals surface area contributed by atoms with Gasteiger partial charge in [0.05, 0.1) is 18.2 Å². The molecule has 1 amide bonds. The lowest BCUT2D eigenvalue weighted by molar-refractivity contribution is -0.126. The topological polar surface area (TPSA) is 73.6 Å². The lowest BCUT2D eigenvalue weighted by Crippen LogP contribution is -2.53. The maximum absolute atomic E-state index is 11.7. The monoisotopic (exact) mass is 232 g/mol. The van der Waals surface area contributed by atoms with E-state index >= 15 is 0 Å². The van der Waals surface area contributed by atoms with Crippen molar-refractivity contribution in [2.24, 2.45) is 5.73 Å². The molecule has 0 radical (unpaired) electrons. The third-order valence-corrected chi connectivity index (χ3v) is 2.46. The van der Waals surface area contributed by atoms with Gasteiger partial charge in [0.25, 0.3) is 0 Å². The zero-order valence-corrected chi connectivity index (χ0v) is 10.7. The molecule has 2 atom stereocenters. The molecule has 0 fully saturated rings. The van der Waals surface area contributed by atoms with Gasteiger partial charge in [-0.05, 0) is 13.3 Å². The van der Waals surface area contributed by atoms with Gasteiger partial charge in [0.15, 0.2) is 0 Å². The van der Waals surface area contributed by atoms with Gasteiger partial charge in [0.1, 0.15) is 0 Å². The molecular weight excluding hydrogens is 208 g/mol. The molecule has 0 aromatic heterocycles. The van der Waals surface area contributed by atoms with E-state index in [9.17, 15) is 4.79 Å². The minimum Gasteiger partial charge on any atom is -0.382 e. The summed E-state index contributed by atoms with van der Waals surface area (Å²) in [6.07, 6.45) is 1.42. The summed E-state index contributed by atoms with van der Waals surface area (Å²) < 4.78 is 10.1. The Morgan fingerprint density at radius 3 is 2.56 bits per heavy atom. The van der Waals surface area contributed by atoms with Crippen molar-refractivity contribution < 1.29 is 14.3 Å². The molecule has 2 unspecified atom stereocenters. The standard InChI is InChI=1S/C11H24N2O3/c1-5-6-11(2,12)10(14)13-7-9(16-4)8-15-3/h9H,5-8,12H2,1-4H3,(H,13,14). The van der Waals surface area contributed by atoms with E-state index in [1.807, 2.05) is 6.92 Å². The fourth-order valence-corrected chi connectivity index (χ4v) is 1.44. The van der Waals surface area contributed by atoms with Crippen LogP contribution < -0.4 is 11.1 Å². The van der Waals surface area contributed by atoms with Crippen LogP contribution in [0.1, 0.15) is 26.7 Å². The molecule has 3 N–H and O–H groups in total. The lowest BCUT2D eigenvalue weighted by atomic mass is 9.96. The second kappa shape index (κ2) is 7.60. The number of hydrogen-bond acceptors (Lipinski definition) is 4. The second-order valence-electron chi connectivity index (χ2n) is 4.19. The zero-order chi connectivity index (χ0) is 12.6. The van der Waals surface area contributed by atoms with Gasteiger partial charge in [-0.2, -0.15) is 0 Å². The number of nitrogens with two attached hydrogens (primary N) is 1. The number of carbonyl (C=O) groups excluding carboxylic acids is 1. The molecule has 96 valence electrons. The minimum absolute atomic E-state index is 0.133. The molecule has 5 heteroatoms. The van der Waals surface area contributed by atoms with Crippen LogP contribution in [0, 0.1) is 0 Å². The number of carbonyl (C=O) groups is 1. The predicted molar refractivity (Wildman–Crippen MR) is 63.2 cm³/mol. The van der Waals surface area contributed by atoms with Gasteiger partial charge >= 0.3 is 0 Å². The highest BCUT2D eigenvalue weighted by molar-refractivity contribution is 5.85. The third kappa shape index (κ3) is 5.44. The Hall–Kier alpha value is -0.650. The van der Waals surface area contributed by atoms with Gasteiger partial charge in [-0.15, -0.1) is 0 Å². The summed E-state index contributed by atoms with van der Waals surface area (Å²) in [5.41, 5.74) is 5.08. The predicted octanol–water partition coefficient (Wildman–Crippen LogP) is 0.282. The van der Waals surface area contributed by atoms with Crippen molar-refractivity contribution >= 4 is 5.91 Å². The van der Waals surface area contributed by atoms with Crippen LogP contribution >= 0.6 is 0 Å². The van der Waals surface area contributed by atoms with E-state index in [2.05, 4.69) is 5.32 Å². The first-order chi connectivity index (χ1) is 7.47. The number of hydrogen-bond donors (Lipinski definition) is 2. The van der Waals surface area contributed by atoms with Crippen LogP contribution in [0.15, 0.2) is 0 Å². The third-order valence-electron chi connectivity index (χ3n) is 2.46. The molecule has 0 saturated carbocycles. The average molecular weight is 232 g/mol. The molecule has 0 bridgehead atoms.